The van der Waals surface area contributed by atoms with E-state index < -0.39 is 0 Å². The first-order chi connectivity index (χ1) is 7.75. The number of benzene rings is 1. The Morgan fingerprint density at radius 1 is 1.19 bits per heavy atom. The van der Waals surface area contributed by atoms with Crippen LogP contribution in [0.15, 0.2) is 41.8 Å². The van der Waals surface area contributed by atoms with Gasteiger partial charge in [-0.2, -0.15) is 0 Å². The number of rotatable bonds is 1. The van der Waals surface area contributed by atoms with Gasteiger partial charge in [0.25, 0.3) is 0 Å². The molecule has 2 N–H and O–H groups in total. The van der Waals surface area contributed by atoms with Gasteiger partial charge in [0.1, 0.15) is 0 Å². The molecule has 16 heavy (non-hydrogen) atoms. The number of nitrogen functional groups attached to an aromatic ring is 1. The molecule has 0 saturated carbocycles. The van der Waals surface area contributed by atoms with Gasteiger partial charge in [-0.15, -0.1) is 11.3 Å². The molecular weight excluding hydrogens is 216 g/mol. The Balaban J connectivity index is 2.31. The molecule has 0 aliphatic heterocycles. The lowest BCUT2D eigenvalue weighted by Gasteiger charge is -2.01. The Morgan fingerprint density at radius 3 is 2.81 bits per heavy atom. The van der Waals surface area contributed by atoms with Crippen molar-refractivity contribution in [3.8, 4) is 10.6 Å². The second kappa shape index (κ2) is 3.39. The summed E-state index contributed by atoms with van der Waals surface area (Å²) in [5.41, 5.74) is 9.08. The molecule has 0 spiro atoms. The zero-order chi connectivity index (χ0) is 11.1. The van der Waals surface area contributed by atoms with Crippen molar-refractivity contribution in [2.45, 2.75) is 0 Å². The minimum absolute atomic E-state index is 0.816. The molecule has 0 saturated heterocycles. The average molecular weight is 228 g/mol. The van der Waals surface area contributed by atoms with Gasteiger partial charge in [0, 0.05) is 23.6 Å². The predicted molar refractivity (Wildman–Crippen MR) is 70.6 cm³/mol. The molecule has 1 aromatic carbocycles. The largest absolute Gasteiger partial charge is 0.399 e. The molecule has 0 aliphatic rings. The fraction of sp³-hybridized carbons (Fsp3) is 0.0769. The number of hydrogen-bond donors (Lipinski definition) is 1. The van der Waals surface area contributed by atoms with Crippen molar-refractivity contribution >= 4 is 27.9 Å². The number of aromatic nitrogens is 1. The maximum Gasteiger partial charge on any atom is 0.0590 e. The summed E-state index contributed by atoms with van der Waals surface area (Å²) >= 11 is 1.76. The van der Waals surface area contributed by atoms with Crippen molar-refractivity contribution in [3.63, 3.8) is 0 Å². The second-order valence-electron chi connectivity index (χ2n) is 3.88. The molecule has 3 aromatic rings. The van der Waals surface area contributed by atoms with Gasteiger partial charge in [0.15, 0.2) is 0 Å². The Morgan fingerprint density at radius 2 is 2.06 bits per heavy atom. The molecule has 3 rings (SSSR count). The van der Waals surface area contributed by atoms with E-state index in [1.165, 1.54) is 21.5 Å². The van der Waals surface area contributed by atoms with Gasteiger partial charge in [0.2, 0.25) is 0 Å². The Hall–Kier alpha value is -1.74. The van der Waals surface area contributed by atoms with Crippen LogP contribution in [0.4, 0.5) is 5.69 Å². The van der Waals surface area contributed by atoms with E-state index in [4.69, 9.17) is 5.73 Å². The third kappa shape index (κ3) is 1.32. The maximum absolute atomic E-state index is 5.80. The summed E-state index contributed by atoms with van der Waals surface area (Å²) in [5, 5.41) is 3.30. The lowest BCUT2D eigenvalue weighted by Crippen LogP contribution is -1.89. The van der Waals surface area contributed by atoms with E-state index >= 15 is 0 Å². The van der Waals surface area contributed by atoms with E-state index in [1.807, 2.05) is 12.1 Å². The van der Waals surface area contributed by atoms with Crippen LogP contribution in [0.1, 0.15) is 0 Å². The highest BCUT2D eigenvalue weighted by Crippen LogP contribution is 2.30. The third-order valence-corrected chi connectivity index (χ3v) is 3.73. The number of hydrogen-bond acceptors (Lipinski definition) is 2. The van der Waals surface area contributed by atoms with E-state index in [9.17, 15) is 0 Å². The number of fused-ring (bicyclic) bond motifs is 1. The van der Waals surface area contributed by atoms with Crippen molar-refractivity contribution in [1.82, 2.24) is 4.57 Å². The first kappa shape index (κ1) is 9.48. The van der Waals surface area contributed by atoms with Crippen LogP contribution in [0.2, 0.25) is 0 Å². The van der Waals surface area contributed by atoms with Crippen LogP contribution in [0, 0.1) is 0 Å². The maximum atomic E-state index is 5.80. The summed E-state index contributed by atoms with van der Waals surface area (Å²) in [6.07, 6.45) is 0. The molecule has 0 fully saturated rings. The number of thiophene rings is 1. The topological polar surface area (TPSA) is 30.9 Å². The van der Waals surface area contributed by atoms with E-state index in [0.717, 1.165) is 5.69 Å². The summed E-state index contributed by atoms with van der Waals surface area (Å²) in [6, 6.07) is 12.4. The second-order valence-corrected chi connectivity index (χ2v) is 4.83. The summed E-state index contributed by atoms with van der Waals surface area (Å²) in [5.74, 6) is 0. The lowest BCUT2D eigenvalue weighted by molar-refractivity contribution is 0.981. The van der Waals surface area contributed by atoms with E-state index in [0.29, 0.717) is 0 Å². The van der Waals surface area contributed by atoms with Crippen LogP contribution in [-0.2, 0) is 7.05 Å². The van der Waals surface area contributed by atoms with Crippen molar-refractivity contribution in [3.05, 3.63) is 41.8 Å². The van der Waals surface area contributed by atoms with Crippen LogP contribution < -0.4 is 5.73 Å². The number of nitrogens with two attached hydrogens (primary N) is 1. The monoisotopic (exact) mass is 228 g/mol. The molecule has 2 aromatic heterocycles. The van der Waals surface area contributed by atoms with Gasteiger partial charge in [-0.3, -0.25) is 0 Å². The quantitative estimate of drug-likeness (QED) is 0.635. The van der Waals surface area contributed by atoms with Crippen LogP contribution in [0.3, 0.4) is 0 Å². The highest BCUT2D eigenvalue weighted by molar-refractivity contribution is 7.13. The molecule has 0 amide bonds. The lowest BCUT2D eigenvalue weighted by atomic mass is 10.2. The molecule has 2 nitrogen and oxygen atoms in total. The van der Waals surface area contributed by atoms with Gasteiger partial charge < -0.3 is 10.3 Å². The Kier molecular flexibility index (Phi) is 2.01. The summed E-state index contributed by atoms with van der Waals surface area (Å²) in [7, 11) is 2.09. The zero-order valence-electron chi connectivity index (χ0n) is 8.97. The molecule has 0 radical (unpaired) electrons. The predicted octanol–water partition coefficient (Wildman–Crippen LogP) is 3.49. The molecular formula is C13H12N2S. The normalized spacial score (nSPS) is 11.1. The zero-order valence-corrected chi connectivity index (χ0v) is 9.79. The van der Waals surface area contributed by atoms with Crippen molar-refractivity contribution in [2.75, 3.05) is 5.73 Å². The van der Waals surface area contributed by atoms with Crippen LogP contribution in [0.25, 0.3) is 21.5 Å². The van der Waals surface area contributed by atoms with Crippen molar-refractivity contribution < 1.29 is 0 Å². The molecule has 0 unspecified atom stereocenters. The van der Waals surface area contributed by atoms with Gasteiger partial charge in [-0.05, 0) is 35.7 Å². The third-order valence-electron chi connectivity index (χ3n) is 2.84. The van der Waals surface area contributed by atoms with E-state index in [2.05, 4.69) is 41.3 Å². The van der Waals surface area contributed by atoms with Crippen molar-refractivity contribution in [2.24, 2.45) is 7.05 Å². The molecule has 0 aliphatic carbocycles. The summed E-state index contributed by atoms with van der Waals surface area (Å²) < 4.78 is 2.21. The number of nitrogens with zero attached hydrogens (tertiary/aromatic N) is 1. The van der Waals surface area contributed by atoms with E-state index in [1.54, 1.807) is 11.3 Å². The SMILES string of the molecule is Cn1c(-c2cccs2)cc2cc(N)ccc21. The smallest absolute Gasteiger partial charge is 0.0590 e. The van der Waals surface area contributed by atoms with Crippen LogP contribution in [-0.4, -0.2) is 4.57 Å². The summed E-state index contributed by atoms with van der Waals surface area (Å²) in [6.45, 7) is 0. The number of anilines is 1. The number of aryl methyl sites for hydroxylation is 1. The molecule has 2 heterocycles. The fourth-order valence-electron chi connectivity index (χ4n) is 2.03. The molecule has 0 bridgehead atoms. The van der Waals surface area contributed by atoms with Gasteiger partial charge in [-0.1, -0.05) is 6.07 Å². The average Bonchev–Trinajstić information content (AvgIpc) is 2.86. The Labute approximate surface area is 97.9 Å². The minimum atomic E-state index is 0.816. The first-order valence-corrected chi connectivity index (χ1v) is 6.02. The summed E-state index contributed by atoms with van der Waals surface area (Å²) in [4.78, 5) is 1.29. The van der Waals surface area contributed by atoms with Gasteiger partial charge in [-0.25, -0.2) is 0 Å². The van der Waals surface area contributed by atoms with Crippen molar-refractivity contribution in [1.29, 1.82) is 0 Å². The fourth-order valence-corrected chi connectivity index (χ4v) is 2.81. The van der Waals surface area contributed by atoms with Gasteiger partial charge >= 0.3 is 0 Å². The Bertz CT molecular complexity index is 635. The van der Waals surface area contributed by atoms with E-state index in [-0.39, 0.29) is 0 Å². The molecule has 0 atom stereocenters. The minimum Gasteiger partial charge on any atom is -0.399 e. The molecule has 3 heteroatoms. The van der Waals surface area contributed by atoms with Crippen LogP contribution >= 0.6 is 11.3 Å². The van der Waals surface area contributed by atoms with Crippen LogP contribution in [0.5, 0.6) is 0 Å². The van der Waals surface area contributed by atoms with Gasteiger partial charge in [0.05, 0.1) is 10.6 Å². The first-order valence-electron chi connectivity index (χ1n) is 5.14. The highest BCUT2D eigenvalue weighted by Gasteiger charge is 2.08. The standard InChI is InChI=1S/C13H12N2S/c1-15-11-5-4-10(14)7-9(11)8-12(15)13-3-2-6-16-13/h2-8H,14H2,1H3. The molecule has 80 valence electrons. The highest BCUT2D eigenvalue weighted by atomic mass is 32.1.